The van der Waals surface area contributed by atoms with E-state index in [-0.39, 0.29) is 35.4 Å². The van der Waals surface area contributed by atoms with Crippen molar-refractivity contribution in [1.82, 2.24) is 9.21 Å². The fourth-order valence-corrected chi connectivity index (χ4v) is 5.78. The number of nitrogens with zero attached hydrogens (tertiary/aromatic N) is 2. The van der Waals surface area contributed by atoms with Gasteiger partial charge in [0, 0.05) is 12.1 Å². The lowest BCUT2D eigenvalue weighted by molar-refractivity contribution is -0.121. The third kappa shape index (κ3) is 3.12. The topological polar surface area (TPSA) is 101 Å². The van der Waals surface area contributed by atoms with Crippen LogP contribution in [0.1, 0.15) is 41.6 Å². The van der Waals surface area contributed by atoms with Crippen molar-refractivity contribution >= 4 is 21.8 Å². The maximum absolute atomic E-state index is 15.2. The van der Waals surface area contributed by atoms with Crippen LogP contribution in [0.2, 0.25) is 0 Å². The van der Waals surface area contributed by atoms with Crippen LogP contribution < -0.4 is 5.73 Å². The summed E-state index contributed by atoms with van der Waals surface area (Å²) in [5.41, 5.74) is 4.13. The molecule has 27 heavy (non-hydrogen) atoms. The monoisotopic (exact) mass is 395 g/mol. The number of likely N-dealkylation sites (tertiary alicyclic amines) is 1. The van der Waals surface area contributed by atoms with Gasteiger partial charge in [-0.25, -0.2) is 12.8 Å². The summed E-state index contributed by atoms with van der Waals surface area (Å²) in [6.45, 7) is -0.0148. The molecule has 2 heterocycles. The van der Waals surface area contributed by atoms with E-state index in [9.17, 15) is 18.0 Å². The van der Waals surface area contributed by atoms with E-state index in [0.29, 0.717) is 32.2 Å². The van der Waals surface area contributed by atoms with Crippen molar-refractivity contribution in [1.29, 1.82) is 0 Å². The van der Waals surface area contributed by atoms with Crippen LogP contribution in [-0.4, -0.2) is 60.4 Å². The molecule has 3 aliphatic rings. The van der Waals surface area contributed by atoms with Gasteiger partial charge in [0.2, 0.25) is 15.9 Å². The number of hydrogen-bond donors (Lipinski definition) is 1. The number of benzene rings is 1. The second-order valence-corrected chi connectivity index (χ2v) is 9.83. The zero-order valence-corrected chi connectivity index (χ0v) is 15.6. The summed E-state index contributed by atoms with van der Waals surface area (Å²) >= 11 is 0. The van der Waals surface area contributed by atoms with Gasteiger partial charge in [-0.2, -0.15) is 4.31 Å². The lowest BCUT2D eigenvalue weighted by atomic mass is 9.89. The highest BCUT2D eigenvalue weighted by Gasteiger charge is 2.53. The van der Waals surface area contributed by atoms with Crippen molar-refractivity contribution in [3.8, 4) is 0 Å². The van der Waals surface area contributed by atoms with Crippen molar-refractivity contribution < 1.29 is 22.4 Å². The van der Waals surface area contributed by atoms with Crippen LogP contribution in [0.15, 0.2) is 24.3 Å². The number of halogens is 1. The Bertz CT molecular complexity index is 894. The van der Waals surface area contributed by atoms with Crippen LogP contribution in [0.3, 0.4) is 0 Å². The molecule has 0 bridgehead atoms. The summed E-state index contributed by atoms with van der Waals surface area (Å²) in [5, 5.41) is -0.365. The second kappa shape index (κ2) is 6.27. The molecule has 2 amide bonds. The van der Waals surface area contributed by atoms with Gasteiger partial charge in [0.1, 0.15) is 6.04 Å². The third-order valence-electron chi connectivity index (χ3n) is 5.63. The minimum atomic E-state index is -3.40. The summed E-state index contributed by atoms with van der Waals surface area (Å²) in [7, 11) is -3.40. The number of hydrogen-bond acceptors (Lipinski definition) is 4. The standard InChI is InChI=1S/C18H22FN3O4S/c19-18(10-21(11-18)27(25,26)14-6-7-14)13-4-1-3-12(9-13)17(24)22-8-2-5-15(22)16(20)23/h1,3-4,9,14-15H,2,5-8,10-11H2,(H2,20,23)/t15-/m1/s1. The van der Waals surface area contributed by atoms with Crippen LogP contribution in [-0.2, 0) is 20.5 Å². The van der Waals surface area contributed by atoms with E-state index in [1.165, 1.54) is 15.3 Å². The van der Waals surface area contributed by atoms with Gasteiger partial charge in [-0.15, -0.1) is 0 Å². The highest BCUT2D eigenvalue weighted by Crippen LogP contribution is 2.42. The first-order valence-corrected chi connectivity index (χ1v) is 10.6. The molecule has 2 N–H and O–H groups in total. The van der Waals surface area contributed by atoms with E-state index >= 15 is 4.39 Å². The van der Waals surface area contributed by atoms with Crippen molar-refractivity contribution in [2.45, 2.75) is 42.6 Å². The summed E-state index contributed by atoms with van der Waals surface area (Å²) in [4.78, 5) is 25.7. The van der Waals surface area contributed by atoms with E-state index in [1.807, 2.05) is 0 Å². The maximum Gasteiger partial charge on any atom is 0.254 e. The zero-order chi connectivity index (χ0) is 19.4. The number of primary amides is 1. The number of sulfonamides is 1. The Hall–Kier alpha value is -2.00. The Labute approximate surface area is 157 Å². The summed E-state index contributed by atoms with van der Waals surface area (Å²) in [6.07, 6.45) is 2.50. The van der Waals surface area contributed by atoms with Crippen molar-refractivity contribution in [2.24, 2.45) is 5.73 Å². The molecule has 1 aromatic rings. The van der Waals surface area contributed by atoms with Crippen LogP contribution >= 0.6 is 0 Å². The van der Waals surface area contributed by atoms with Crippen molar-refractivity contribution in [3.63, 3.8) is 0 Å². The fourth-order valence-electron chi connectivity index (χ4n) is 3.85. The van der Waals surface area contributed by atoms with Gasteiger partial charge in [0.05, 0.1) is 18.3 Å². The Morgan fingerprint density at radius 3 is 2.52 bits per heavy atom. The predicted molar refractivity (Wildman–Crippen MR) is 96.0 cm³/mol. The minimum Gasteiger partial charge on any atom is -0.368 e. The van der Waals surface area contributed by atoms with Gasteiger partial charge in [-0.3, -0.25) is 9.59 Å². The fraction of sp³-hybridized carbons (Fsp3) is 0.556. The number of carbonyl (C=O) groups is 2. The first-order valence-electron chi connectivity index (χ1n) is 9.11. The van der Waals surface area contributed by atoms with Crippen LogP contribution in [0.5, 0.6) is 0 Å². The zero-order valence-electron chi connectivity index (χ0n) is 14.8. The summed E-state index contributed by atoms with van der Waals surface area (Å²) in [5.74, 6) is -0.901. The van der Waals surface area contributed by atoms with Crippen LogP contribution in [0, 0.1) is 0 Å². The van der Waals surface area contributed by atoms with Gasteiger partial charge < -0.3 is 10.6 Å². The molecule has 0 unspecified atom stereocenters. The predicted octanol–water partition coefficient (Wildman–Crippen LogP) is 0.749. The lowest BCUT2D eigenvalue weighted by Crippen LogP contribution is -2.59. The molecule has 1 atom stereocenters. The first kappa shape index (κ1) is 18.4. The smallest absolute Gasteiger partial charge is 0.254 e. The Balaban J connectivity index is 1.51. The van der Waals surface area contributed by atoms with Gasteiger partial charge in [0.15, 0.2) is 5.67 Å². The molecule has 1 aliphatic carbocycles. The molecule has 2 aliphatic heterocycles. The van der Waals surface area contributed by atoms with Crippen molar-refractivity contribution in [2.75, 3.05) is 19.6 Å². The van der Waals surface area contributed by atoms with E-state index < -0.39 is 27.6 Å². The molecular formula is C18H22FN3O4S. The molecular weight excluding hydrogens is 373 g/mol. The molecule has 1 aromatic carbocycles. The Kier molecular flexibility index (Phi) is 4.27. The minimum absolute atomic E-state index is 0.225. The summed E-state index contributed by atoms with van der Waals surface area (Å²) in [6, 6.07) is 5.54. The van der Waals surface area contributed by atoms with E-state index in [0.717, 1.165) is 0 Å². The van der Waals surface area contributed by atoms with E-state index in [1.54, 1.807) is 18.2 Å². The van der Waals surface area contributed by atoms with Crippen molar-refractivity contribution in [3.05, 3.63) is 35.4 Å². The molecule has 1 saturated carbocycles. The Morgan fingerprint density at radius 2 is 1.89 bits per heavy atom. The van der Waals surface area contributed by atoms with Gasteiger partial charge in [-0.05, 0) is 43.4 Å². The first-order chi connectivity index (χ1) is 12.7. The highest BCUT2D eigenvalue weighted by molar-refractivity contribution is 7.90. The molecule has 4 rings (SSSR count). The molecule has 0 spiro atoms. The van der Waals surface area contributed by atoms with Crippen LogP contribution in [0.25, 0.3) is 0 Å². The summed E-state index contributed by atoms with van der Waals surface area (Å²) < 4.78 is 40.8. The molecule has 0 aromatic heterocycles. The number of rotatable bonds is 5. The van der Waals surface area contributed by atoms with Gasteiger partial charge in [-0.1, -0.05) is 12.1 Å². The maximum atomic E-state index is 15.2. The molecule has 7 nitrogen and oxygen atoms in total. The number of amides is 2. The SMILES string of the molecule is NC(=O)[C@H]1CCCN1C(=O)c1cccc(C2(F)CN(S(=O)(=O)C3CC3)C2)c1. The van der Waals surface area contributed by atoms with Gasteiger partial charge >= 0.3 is 0 Å². The lowest BCUT2D eigenvalue weighted by Gasteiger charge is -2.43. The molecule has 9 heteroatoms. The average Bonchev–Trinajstić information content (AvgIpc) is 3.36. The Morgan fingerprint density at radius 1 is 1.19 bits per heavy atom. The molecule has 3 fully saturated rings. The number of nitrogens with two attached hydrogens (primary N) is 1. The second-order valence-electron chi connectivity index (χ2n) is 7.62. The van der Waals surface area contributed by atoms with Crippen LogP contribution in [0.4, 0.5) is 4.39 Å². The van der Waals surface area contributed by atoms with E-state index in [4.69, 9.17) is 5.73 Å². The quantitative estimate of drug-likeness (QED) is 0.795. The number of alkyl halides is 1. The van der Waals surface area contributed by atoms with E-state index in [2.05, 4.69) is 0 Å². The largest absolute Gasteiger partial charge is 0.368 e. The van der Waals surface area contributed by atoms with Gasteiger partial charge in [0.25, 0.3) is 5.91 Å². The average molecular weight is 395 g/mol. The molecule has 0 radical (unpaired) electrons. The molecule has 146 valence electrons. The molecule has 2 saturated heterocycles. The highest BCUT2D eigenvalue weighted by atomic mass is 32.2. The normalized spacial score (nSPS) is 25.2. The number of carbonyl (C=O) groups excluding carboxylic acids is 2. The third-order valence-corrected chi connectivity index (χ3v) is 7.92.